The first-order chi connectivity index (χ1) is 11.0. The summed E-state index contributed by atoms with van der Waals surface area (Å²) in [6.45, 7) is 0. The number of hydrogen-bond donors (Lipinski definition) is 0. The molecule has 6 heteroatoms. The maximum atomic E-state index is 11.8. The topological polar surface area (TPSA) is 61.8 Å². The van der Waals surface area contributed by atoms with E-state index >= 15 is 0 Å². The molecule has 124 valence electrons. The van der Waals surface area contributed by atoms with Crippen LogP contribution >= 0.6 is 11.6 Å². The third kappa shape index (κ3) is 4.48. The minimum Gasteiger partial charge on any atom is -0.493 e. The van der Waals surface area contributed by atoms with Gasteiger partial charge < -0.3 is 14.2 Å². The van der Waals surface area contributed by atoms with Gasteiger partial charge in [0.1, 0.15) is 0 Å². The third-order valence-corrected chi connectivity index (χ3v) is 3.91. The minimum atomic E-state index is -0.616. The van der Waals surface area contributed by atoms with Gasteiger partial charge >= 0.3 is 5.97 Å². The monoisotopic (exact) mass is 338 g/mol. The molecule has 1 aromatic rings. The molecule has 0 aromatic heterocycles. The molecule has 1 unspecified atom stereocenters. The van der Waals surface area contributed by atoms with Crippen molar-refractivity contribution >= 4 is 29.4 Å². The standard InChI is InChI=1S/C17H19ClO5/c1-21-15-10-11(9-12(18)17(15)22-2)7-8-16(20)23-14-6-4-3-5-13(14)19/h7-10,14H,3-6H2,1-2H3/b8-7+. The number of hydrogen-bond acceptors (Lipinski definition) is 5. The normalized spacial score (nSPS) is 18.0. The summed E-state index contributed by atoms with van der Waals surface area (Å²) in [6, 6.07) is 3.35. The van der Waals surface area contributed by atoms with Crippen molar-refractivity contribution in [1.82, 2.24) is 0 Å². The molecule has 0 heterocycles. The van der Waals surface area contributed by atoms with E-state index in [1.165, 1.54) is 20.3 Å². The first kappa shape index (κ1) is 17.3. The molecule has 0 saturated heterocycles. The summed E-state index contributed by atoms with van der Waals surface area (Å²) in [7, 11) is 3.00. The van der Waals surface area contributed by atoms with Gasteiger partial charge in [0.25, 0.3) is 0 Å². The molecule has 1 aliphatic rings. The van der Waals surface area contributed by atoms with Gasteiger partial charge in [-0.15, -0.1) is 0 Å². The number of rotatable bonds is 5. The molecule has 0 N–H and O–H groups in total. The van der Waals surface area contributed by atoms with E-state index in [2.05, 4.69) is 0 Å². The molecule has 0 bridgehead atoms. The number of benzene rings is 1. The summed E-state index contributed by atoms with van der Waals surface area (Å²) < 4.78 is 15.5. The fourth-order valence-electron chi connectivity index (χ4n) is 2.45. The number of esters is 1. The highest BCUT2D eigenvalue weighted by Gasteiger charge is 2.24. The van der Waals surface area contributed by atoms with Crippen molar-refractivity contribution in [3.05, 3.63) is 28.8 Å². The van der Waals surface area contributed by atoms with Crippen molar-refractivity contribution in [2.75, 3.05) is 14.2 Å². The second kappa shape index (κ2) is 8.02. The predicted molar refractivity (Wildman–Crippen MR) is 86.9 cm³/mol. The van der Waals surface area contributed by atoms with Crippen LogP contribution in [0, 0.1) is 0 Å². The smallest absolute Gasteiger partial charge is 0.331 e. The van der Waals surface area contributed by atoms with E-state index < -0.39 is 12.1 Å². The van der Waals surface area contributed by atoms with E-state index in [4.69, 9.17) is 25.8 Å². The van der Waals surface area contributed by atoms with Crippen LogP contribution in [-0.4, -0.2) is 32.1 Å². The summed E-state index contributed by atoms with van der Waals surface area (Å²) >= 11 is 6.10. The minimum absolute atomic E-state index is 0.00726. The Morgan fingerprint density at radius 2 is 2.04 bits per heavy atom. The first-order valence-electron chi connectivity index (χ1n) is 7.38. The van der Waals surface area contributed by atoms with Gasteiger partial charge in [-0.1, -0.05) is 11.6 Å². The van der Waals surface area contributed by atoms with Gasteiger partial charge in [-0.05, 0) is 43.0 Å². The molecular formula is C17H19ClO5. The van der Waals surface area contributed by atoms with Gasteiger partial charge in [0, 0.05) is 12.5 Å². The van der Waals surface area contributed by atoms with Crippen LogP contribution in [0.3, 0.4) is 0 Å². The van der Waals surface area contributed by atoms with Crippen LogP contribution in [0.1, 0.15) is 31.2 Å². The maximum Gasteiger partial charge on any atom is 0.331 e. The summed E-state index contributed by atoms with van der Waals surface area (Å²) in [4.78, 5) is 23.5. The second-order valence-electron chi connectivity index (χ2n) is 5.21. The number of methoxy groups -OCH3 is 2. The van der Waals surface area contributed by atoms with Crippen LogP contribution in [0.15, 0.2) is 18.2 Å². The summed E-state index contributed by atoms with van der Waals surface area (Å²) in [5.74, 6) is 0.348. The molecule has 0 radical (unpaired) electrons. The highest BCUT2D eigenvalue weighted by atomic mass is 35.5. The van der Waals surface area contributed by atoms with Gasteiger partial charge in [-0.3, -0.25) is 4.79 Å². The molecule has 0 spiro atoms. The highest BCUT2D eigenvalue weighted by Crippen LogP contribution is 2.36. The average Bonchev–Trinajstić information content (AvgIpc) is 2.54. The number of carbonyl (C=O) groups is 2. The van der Waals surface area contributed by atoms with Crippen LogP contribution in [0.25, 0.3) is 6.08 Å². The van der Waals surface area contributed by atoms with E-state index in [1.54, 1.807) is 18.2 Å². The van der Waals surface area contributed by atoms with Crippen LogP contribution in [0.4, 0.5) is 0 Å². The molecular weight excluding hydrogens is 320 g/mol. The predicted octanol–water partition coefficient (Wildman–Crippen LogP) is 3.43. The van der Waals surface area contributed by atoms with Crippen LogP contribution in [0.2, 0.25) is 5.02 Å². The van der Waals surface area contributed by atoms with Crippen molar-refractivity contribution in [3.63, 3.8) is 0 Å². The van der Waals surface area contributed by atoms with E-state index in [0.717, 1.165) is 12.8 Å². The largest absolute Gasteiger partial charge is 0.493 e. The Kier molecular flexibility index (Phi) is 6.04. The maximum absolute atomic E-state index is 11.8. The molecule has 1 saturated carbocycles. The Bertz CT molecular complexity index is 624. The van der Waals surface area contributed by atoms with Crippen molar-refractivity contribution in [2.24, 2.45) is 0 Å². The molecule has 5 nitrogen and oxygen atoms in total. The number of Topliss-reactive ketones (excluding diaryl/α,β-unsaturated/α-hetero) is 1. The molecule has 0 aliphatic heterocycles. The zero-order valence-electron chi connectivity index (χ0n) is 13.1. The number of halogens is 1. The number of carbonyl (C=O) groups excluding carboxylic acids is 2. The van der Waals surface area contributed by atoms with Crippen molar-refractivity contribution < 1.29 is 23.8 Å². The van der Waals surface area contributed by atoms with E-state index in [9.17, 15) is 9.59 Å². The number of ketones is 1. The summed E-state index contributed by atoms with van der Waals surface area (Å²) in [6.07, 6.45) is 5.07. The Balaban J connectivity index is 2.06. The summed E-state index contributed by atoms with van der Waals surface area (Å²) in [5.41, 5.74) is 0.666. The van der Waals surface area contributed by atoms with E-state index in [1.807, 2.05) is 0 Å². The fourth-order valence-corrected chi connectivity index (χ4v) is 2.75. The van der Waals surface area contributed by atoms with Gasteiger partial charge in [0.15, 0.2) is 23.4 Å². The lowest BCUT2D eigenvalue weighted by Gasteiger charge is -2.19. The highest BCUT2D eigenvalue weighted by molar-refractivity contribution is 6.32. The molecule has 0 amide bonds. The lowest BCUT2D eigenvalue weighted by Crippen LogP contribution is -2.29. The molecule has 1 aromatic carbocycles. The van der Waals surface area contributed by atoms with Crippen LogP contribution < -0.4 is 9.47 Å². The molecule has 1 atom stereocenters. The van der Waals surface area contributed by atoms with E-state index in [0.29, 0.717) is 34.9 Å². The lowest BCUT2D eigenvalue weighted by atomic mass is 9.96. The van der Waals surface area contributed by atoms with Crippen LogP contribution in [-0.2, 0) is 14.3 Å². The molecule has 1 aliphatic carbocycles. The molecule has 23 heavy (non-hydrogen) atoms. The first-order valence-corrected chi connectivity index (χ1v) is 7.76. The van der Waals surface area contributed by atoms with Crippen LogP contribution in [0.5, 0.6) is 11.5 Å². The van der Waals surface area contributed by atoms with Gasteiger partial charge in [-0.2, -0.15) is 0 Å². The van der Waals surface area contributed by atoms with E-state index in [-0.39, 0.29) is 5.78 Å². The van der Waals surface area contributed by atoms with Crippen molar-refractivity contribution in [3.8, 4) is 11.5 Å². The Labute approximate surface area is 140 Å². The molecule has 2 rings (SSSR count). The Morgan fingerprint density at radius 3 is 2.70 bits per heavy atom. The number of ether oxygens (including phenoxy) is 3. The fraction of sp³-hybridized carbons (Fsp3) is 0.412. The van der Waals surface area contributed by atoms with Crippen molar-refractivity contribution in [2.45, 2.75) is 31.8 Å². The zero-order chi connectivity index (χ0) is 16.8. The Hall–Kier alpha value is -2.01. The quantitative estimate of drug-likeness (QED) is 0.608. The van der Waals surface area contributed by atoms with Gasteiger partial charge in [0.2, 0.25) is 0 Å². The zero-order valence-corrected chi connectivity index (χ0v) is 13.9. The molecule has 1 fully saturated rings. The third-order valence-electron chi connectivity index (χ3n) is 3.62. The summed E-state index contributed by atoms with van der Waals surface area (Å²) in [5, 5.41) is 0.377. The average molecular weight is 339 g/mol. The Morgan fingerprint density at radius 1 is 1.26 bits per heavy atom. The SMILES string of the molecule is COc1cc(/C=C/C(=O)OC2CCCCC2=O)cc(Cl)c1OC. The second-order valence-corrected chi connectivity index (χ2v) is 5.62. The van der Waals surface area contributed by atoms with Crippen molar-refractivity contribution in [1.29, 1.82) is 0 Å². The van der Waals surface area contributed by atoms with Gasteiger partial charge in [-0.25, -0.2) is 4.79 Å². The van der Waals surface area contributed by atoms with Gasteiger partial charge in [0.05, 0.1) is 19.2 Å². The lowest BCUT2D eigenvalue weighted by molar-refractivity contribution is -0.152.